The molecule has 0 saturated carbocycles. The first-order valence-corrected chi connectivity index (χ1v) is 9.63. The van der Waals surface area contributed by atoms with Gasteiger partial charge in [0.1, 0.15) is 0 Å². The van der Waals surface area contributed by atoms with Gasteiger partial charge in [0, 0.05) is 17.8 Å². The number of hydrogen-bond acceptors (Lipinski definition) is 0. The standard InChI is InChI=1S/C19H34ClN/c1-2-3-4-5-6-7-8-9-10-11-14-19-18(13-12-16-20)15-17-21-19/h15,17,21H,2-14,16H2,1H3. The van der Waals surface area contributed by atoms with Crippen LogP contribution in [0.2, 0.25) is 0 Å². The highest BCUT2D eigenvalue weighted by atomic mass is 35.5. The van der Waals surface area contributed by atoms with Gasteiger partial charge in [-0.1, -0.05) is 64.7 Å². The Hall–Kier alpha value is -0.430. The van der Waals surface area contributed by atoms with Crippen LogP contribution in [-0.4, -0.2) is 10.9 Å². The van der Waals surface area contributed by atoms with E-state index in [1.54, 1.807) is 0 Å². The third-order valence-electron chi connectivity index (χ3n) is 4.29. The van der Waals surface area contributed by atoms with E-state index in [0.29, 0.717) is 0 Å². The number of hydrogen-bond donors (Lipinski definition) is 1. The van der Waals surface area contributed by atoms with Crippen LogP contribution in [0.15, 0.2) is 12.3 Å². The number of alkyl halides is 1. The zero-order chi connectivity index (χ0) is 15.2. The third kappa shape index (κ3) is 9.24. The van der Waals surface area contributed by atoms with Crippen molar-refractivity contribution in [2.45, 2.75) is 90.4 Å². The second-order valence-corrected chi connectivity index (χ2v) is 6.58. The molecule has 0 spiro atoms. The molecular formula is C19H34ClN. The maximum atomic E-state index is 5.78. The first-order chi connectivity index (χ1) is 10.4. The molecule has 1 rings (SSSR count). The van der Waals surface area contributed by atoms with Crippen LogP contribution in [-0.2, 0) is 12.8 Å². The average molecular weight is 312 g/mol. The molecule has 0 saturated heterocycles. The largest absolute Gasteiger partial charge is 0.365 e. The summed E-state index contributed by atoms with van der Waals surface area (Å²) in [6.45, 7) is 2.28. The van der Waals surface area contributed by atoms with Crippen molar-refractivity contribution in [3.8, 4) is 0 Å². The molecule has 0 bridgehead atoms. The van der Waals surface area contributed by atoms with Gasteiger partial charge in [-0.15, -0.1) is 11.6 Å². The molecule has 21 heavy (non-hydrogen) atoms. The first kappa shape index (κ1) is 18.6. The van der Waals surface area contributed by atoms with Crippen molar-refractivity contribution in [2.75, 3.05) is 5.88 Å². The van der Waals surface area contributed by atoms with Crippen LogP contribution in [0, 0.1) is 0 Å². The lowest BCUT2D eigenvalue weighted by molar-refractivity contribution is 0.555. The van der Waals surface area contributed by atoms with Gasteiger partial charge in [0.25, 0.3) is 0 Å². The fourth-order valence-corrected chi connectivity index (χ4v) is 3.08. The third-order valence-corrected chi connectivity index (χ3v) is 4.56. The van der Waals surface area contributed by atoms with Crippen LogP contribution in [0.25, 0.3) is 0 Å². The van der Waals surface area contributed by atoms with Crippen LogP contribution in [0.1, 0.15) is 88.8 Å². The molecule has 0 aliphatic rings. The zero-order valence-electron chi connectivity index (χ0n) is 13.9. The lowest BCUT2D eigenvalue weighted by Crippen LogP contribution is -1.93. The Balaban J connectivity index is 1.95. The summed E-state index contributed by atoms with van der Waals surface area (Å²) in [6.07, 6.45) is 19.6. The molecule has 2 heteroatoms. The van der Waals surface area contributed by atoms with E-state index in [1.807, 2.05) is 0 Å². The number of unbranched alkanes of at least 4 members (excludes halogenated alkanes) is 9. The number of H-pyrrole nitrogens is 1. The number of aromatic amines is 1. The molecule has 0 radical (unpaired) electrons. The Morgan fingerprint density at radius 1 is 0.810 bits per heavy atom. The van der Waals surface area contributed by atoms with E-state index in [0.717, 1.165) is 18.7 Å². The Kier molecular flexibility index (Phi) is 11.7. The fraction of sp³-hybridized carbons (Fsp3) is 0.789. The smallest absolute Gasteiger partial charge is 0.0226 e. The van der Waals surface area contributed by atoms with E-state index in [9.17, 15) is 0 Å². The summed E-state index contributed by atoms with van der Waals surface area (Å²) in [5, 5.41) is 0. The van der Waals surface area contributed by atoms with E-state index < -0.39 is 0 Å². The quantitative estimate of drug-likeness (QED) is 0.292. The summed E-state index contributed by atoms with van der Waals surface area (Å²) in [4.78, 5) is 3.40. The minimum atomic E-state index is 0.767. The Bertz CT molecular complexity index is 332. The minimum absolute atomic E-state index is 0.767. The monoisotopic (exact) mass is 311 g/mol. The average Bonchev–Trinajstić information content (AvgIpc) is 2.94. The second-order valence-electron chi connectivity index (χ2n) is 6.21. The van der Waals surface area contributed by atoms with Crippen molar-refractivity contribution < 1.29 is 0 Å². The Morgan fingerprint density at radius 3 is 2.05 bits per heavy atom. The predicted molar refractivity (Wildman–Crippen MR) is 95.4 cm³/mol. The van der Waals surface area contributed by atoms with Crippen LogP contribution in [0.4, 0.5) is 0 Å². The highest BCUT2D eigenvalue weighted by molar-refractivity contribution is 6.17. The van der Waals surface area contributed by atoms with Crippen LogP contribution in [0.3, 0.4) is 0 Å². The van der Waals surface area contributed by atoms with Crippen molar-refractivity contribution >= 4 is 11.6 Å². The molecule has 1 aromatic rings. The molecule has 1 nitrogen and oxygen atoms in total. The summed E-state index contributed by atoms with van der Waals surface area (Å²) in [5.41, 5.74) is 2.92. The van der Waals surface area contributed by atoms with Crippen LogP contribution in [0.5, 0.6) is 0 Å². The van der Waals surface area contributed by atoms with Crippen molar-refractivity contribution in [3.05, 3.63) is 23.5 Å². The lowest BCUT2D eigenvalue weighted by atomic mass is 10.0. The molecule has 0 aliphatic carbocycles. The normalized spacial score (nSPS) is 11.1. The molecular weight excluding hydrogens is 278 g/mol. The summed E-state index contributed by atoms with van der Waals surface area (Å²) < 4.78 is 0. The molecule has 0 amide bonds. The zero-order valence-corrected chi connectivity index (χ0v) is 14.7. The van der Waals surface area contributed by atoms with E-state index in [2.05, 4.69) is 24.2 Å². The molecule has 122 valence electrons. The first-order valence-electron chi connectivity index (χ1n) is 9.09. The fourth-order valence-electron chi connectivity index (χ4n) is 2.95. The summed E-state index contributed by atoms with van der Waals surface area (Å²) >= 11 is 5.78. The molecule has 0 unspecified atom stereocenters. The number of aromatic nitrogens is 1. The maximum Gasteiger partial charge on any atom is 0.0226 e. The van der Waals surface area contributed by atoms with Crippen LogP contribution < -0.4 is 0 Å². The number of halogens is 1. The van der Waals surface area contributed by atoms with Gasteiger partial charge in [-0.25, -0.2) is 0 Å². The SMILES string of the molecule is CCCCCCCCCCCCc1[nH]ccc1CCCCl. The van der Waals surface area contributed by atoms with Gasteiger partial charge in [0.05, 0.1) is 0 Å². The van der Waals surface area contributed by atoms with E-state index >= 15 is 0 Å². The van der Waals surface area contributed by atoms with Crippen molar-refractivity contribution in [3.63, 3.8) is 0 Å². The van der Waals surface area contributed by atoms with Gasteiger partial charge < -0.3 is 4.98 Å². The van der Waals surface area contributed by atoms with Gasteiger partial charge in [-0.2, -0.15) is 0 Å². The van der Waals surface area contributed by atoms with Gasteiger partial charge in [0.15, 0.2) is 0 Å². The van der Waals surface area contributed by atoms with Crippen molar-refractivity contribution in [1.29, 1.82) is 0 Å². The Labute approximate surface area is 136 Å². The molecule has 0 fully saturated rings. The van der Waals surface area contributed by atoms with Gasteiger partial charge >= 0.3 is 0 Å². The number of rotatable bonds is 14. The topological polar surface area (TPSA) is 15.8 Å². The lowest BCUT2D eigenvalue weighted by Gasteiger charge is -2.04. The van der Waals surface area contributed by atoms with E-state index in [4.69, 9.17) is 11.6 Å². The van der Waals surface area contributed by atoms with E-state index in [1.165, 1.54) is 81.9 Å². The summed E-state index contributed by atoms with van der Waals surface area (Å²) in [5.74, 6) is 0.767. The van der Waals surface area contributed by atoms with Crippen molar-refractivity contribution in [2.24, 2.45) is 0 Å². The predicted octanol–water partition coefficient (Wildman–Crippen LogP) is 6.65. The highest BCUT2D eigenvalue weighted by Gasteiger charge is 2.03. The molecule has 1 aromatic heterocycles. The second kappa shape index (κ2) is 13.2. The molecule has 0 aliphatic heterocycles. The molecule has 0 aromatic carbocycles. The highest BCUT2D eigenvalue weighted by Crippen LogP contribution is 2.15. The van der Waals surface area contributed by atoms with Gasteiger partial charge in [0.2, 0.25) is 0 Å². The molecule has 0 atom stereocenters. The van der Waals surface area contributed by atoms with Crippen LogP contribution >= 0.6 is 11.6 Å². The minimum Gasteiger partial charge on any atom is -0.365 e. The van der Waals surface area contributed by atoms with E-state index in [-0.39, 0.29) is 0 Å². The molecule has 1 heterocycles. The number of nitrogens with one attached hydrogen (secondary N) is 1. The van der Waals surface area contributed by atoms with Gasteiger partial charge in [-0.05, 0) is 37.3 Å². The van der Waals surface area contributed by atoms with Crippen molar-refractivity contribution in [1.82, 2.24) is 4.98 Å². The Morgan fingerprint density at radius 2 is 1.43 bits per heavy atom. The summed E-state index contributed by atoms with van der Waals surface area (Å²) in [7, 11) is 0. The molecule has 1 N–H and O–H groups in total. The number of aryl methyl sites for hydroxylation is 2. The summed E-state index contributed by atoms with van der Waals surface area (Å²) in [6, 6.07) is 2.22. The maximum absolute atomic E-state index is 5.78. The van der Waals surface area contributed by atoms with Gasteiger partial charge in [-0.3, -0.25) is 0 Å².